The lowest BCUT2D eigenvalue weighted by Crippen LogP contribution is -1.98. The van der Waals surface area contributed by atoms with E-state index in [2.05, 4.69) is 41.3 Å². The maximum atomic E-state index is 4.97. The molecule has 0 unspecified atom stereocenters. The highest BCUT2D eigenvalue weighted by Gasteiger charge is 2.15. The highest BCUT2D eigenvalue weighted by molar-refractivity contribution is 8.00. The monoisotopic (exact) mass is 263 g/mol. The summed E-state index contributed by atoms with van der Waals surface area (Å²) < 4.78 is 0. The van der Waals surface area contributed by atoms with Gasteiger partial charge in [0.25, 0.3) is 0 Å². The zero-order valence-corrected chi connectivity index (χ0v) is 11.5. The Morgan fingerprint density at radius 1 is 1.22 bits per heavy atom. The number of benzene rings is 1. The van der Waals surface area contributed by atoms with Gasteiger partial charge in [0.2, 0.25) is 0 Å². The van der Waals surface area contributed by atoms with Crippen LogP contribution in [0.2, 0.25) is 0 Å². The van der Waals surface area contributed by atoms with Gasteiger partial charge in [-0.05, 0) is 37.0 Å². The molecule has 0 radical (unpaired) electrons. The maximum absolute atomic E-state index is 4.97. The van der Waals surface area contributed by atoms with E-state index >= 15 is 0 Å². The molecule has 1 aromatic rings. The predicted octanol–water partition coefficient (Wildman–Crippen LogP) is 4.01. The Kier molecular flexibility index (Phi) is 5.78. The van der Waals surface area contributed by atoms with Crippen molar-refractivity contribution in [2.75, 3.05) is 6.61 Å². The van der Waals surface area contributed by atoms with Gasteiger partial charge < -0.3 is 4.84 Å². The quantitative estimate of drug-likeness (QED) is 0.622. The van der Waals surface area contributed by atoms with E-state index in [0.717, 1.165) is 11.7 Å². The van der Waals surface area contributed by atoms with Gasteiger partial charge in [0.05, 0.1) is 6.61 Å². The molecule has 2 rings (SSSR count). The summed E-state index contributed by atoms with van der Waals surface area (Å²) in [5.41, 5.74) is 1.24. The van der Waals surface area contributed by atoms with Crippen molar-refractivity contribution in [1.82, 2.24) is 0 Å². The molecule has 0 bridgehead atoms. The Hall–Kier alpha value is -0.770. The Bertz CT molecular complexity index is 369. The molecule has 1 aromatic carbocycles. The first kappa shape index (κ1) is 13.7. The second kappa shape index (κ2) is 7.62. The average molecular weight is 263 g/mol. The van der Waals surface area contributed by atoms with E-state index in [1.165, 1.54) is 36.1 Å². The Morgan fingerprint density at radius 2 is 1.94 bits per heavy atom. The van der Waals surface area contributed by atoms with E-state index in [4.69, 9.17) is 5.90 Å². The van der Waals surface area contributed by atoms with Crippen molar-refractivity contribution >= 4 is 17.8 Å². The van der Waals surface area contributed by atoms with E-state index in [0.29, 0.717) is 6.61 Å². The van der Waals surface area contributed by atoms with Gasteiger partial charge in [0.15, 0.2) is 0 Å². The third-order valence-electron chi connectivity index (χ3n) is 3.20. The molecule has 0 amide bonds. The molecular formula is C15H21NOS. The summed E-state index contributed by atoms with van der Waals surface area (Å²) in [5.74, 6) is 4.97. The van der Waals surface area contributed by atoms with Crippen molar-refractivity contribution in [2.24, 2.45) is 5.90 Å². The minimum Gasteiger partial charge on any atom is -0.304 e. The van der Waals surface area contributed by atoms with Crippen molar-refractivity contribution in [3.05, 3.63) is 35.9 Å². The minimum absolute atomic E-state index is 0.576. The third kappa shape index (κ3) is 4.48. The summed E-state index contributed by atoms with van der Waals surface area (Å²) in [5, 5.41) is 0.841. The standard InChI is InChI=1S/C15H21NOS/c16-17-12-4-3-5-13-8-10-15(11-9-13)18-14-6-1-2-7-14/h3,5,8-11,14H,1-2,4,6-7,12,16H2/b5-3+. The summed E-state index contributed by atoms with van der Waals surface area (Å²) in [6.45, 7) is 0.576. The van der Waals surface area contributed by atoms with Gasteiger partial charge in [-0.25, -0.2) is 5.90 Å². The molecule has 98 valence electrons. The van der Waals surface area contributed by atoms with E-state index in [1.54, 1.807) is 0 Å². The minimum atomic E-state index is 0.576. The first-order valence-electron chi connectivity index (χ1n) is 6.63. The molecule has 1 aliphatic rings. The highest BCUT2D eigenvalue weighted by atomic mass is 32.2. The van der Waals surface area contributed by atoms with Crippen LogP contribution in [0.15, 0.2) is 35.2 Å². The molecule has 2 nitrogen and oxygen atoms in total. The van der Waals surface area contributed by atoms with Crippen LogP contribution >= 0.6 is 11.8 Å². The van der Waals surface area contributed by atoms with Crippen LogP contribution in [0.1, 0.15) is 37.7 Å². The van der Waals surface area contributed by atoms with E-state index in [-0.39, 0.29) is 0 Å². The fourth-order valence-electron chi connectivity index (χ4n) is 2.21. The Morgan fingerprint density at radius 3 is 2.61 bits per heavy atom. The SMILES string of the molecule is NOCC/C=C/c1ccc(SC2CCCC2)cc1. The zero-order valence-electron chi connectivity index (χ0n) is 10.7. The Balaban J connectivity index is 1.82. The molecule has 0 aliphatic heterocycles. The van der Waals surface area contributed by atoms with Crippen LogP contribution in [-0.4, -0.2) is 11.9 Å². The summed E-state index contributed by atoms with van der Waals surface area (Å²) in [7, 11) is 0. The molecule has 18 heavy (non-hydrogen) atoms. The van der Waals surface area contributed by atoms with E-state index in [9.17, 15) is 0 Å². The molecule has 0 aromatic heterocycles. The number of rotatable bonds is 6. The first-order valence-corrected chi connectivity index (χ1v) is 7.51. The van der Waals surface area contributed by atoms with Gasteiger partial charge >= 0.3 is 0 Å². The second-order valence-corrected chi connectivity index (χ2v) is 6.03. The zero-order chi connectivity index (χ0) is 12.6. The maximum Gasteiger partial charge on any atom is 0.0713 e. The third-order valence-corrected chi connectivity index (χ3v) is 4.55. The summed E-state index contributed by atoms with van der Waals surface area (Å²) in [6.07, 6.45) is 10.6. The lowest BCUT2D eigenvalue weighted by molar-refractivity contribution is 0.143. The van der Waals surface area contributed by atoms with Gasteiger partial charge in [0, 0.05) is 10.1 Å². The van der Waals surface area contributed by atoms with Gasteiger partial charge in [0.1, 0.15) is 0 Å². The van der Waals surface area contributed by atoms with Crippen molar-refractivity contribution in [3.8, 4) is 0 Å². The largest absolute Gasteiger partial charge is 0.304 e. The van der Waals surface area contributed by atoms with Gasteiger partial charge in [-0.1, -0.05) is 37.1 Å². The average Bonchev–Trinajstić information content (AvgIpc) is 2.89. The van der Waals surface area contributed by atoms with Crippen LogP contribution in [0, 0.1) is 0 Å². The number of hydrogen-bond acceptors (Lipinski definition) is 3. The molecule has 1 saturated carbocycles. The van der Waals surface area contributed by atoms with Gasteiger partial charge in [-0.3, -0.25) is 0 Å². The molecule has 1 fully saturated rings. The van der Waals surface area contributed by atoms with Crippen LogP contribution in [0.25, 0.3) is 6.08 Å². The molecule has 0 atom stereocenters. The van der Waals surface area contributed by atoms with Crippen molar-refractivity contribution in [1.29, 1.82) is 0 Å². The first-order chi connectivity index (χ1) is 8.88. The molecule has 0 spiro atoms. The molecule has 0 saturated heterocycles. The molecule has 0 heterocycles. The summed E-state index contributed by atoms with van der Waals surface area (Å²) in [4.78, 5) is 5.91. The van der Waals surface area contributed by atoms with Gasteiger partial charge in [-0.15, -0.1) is 11.8 Å². The fourth-order valence-corrected chi connectivity index (χ4v) is 3.46. The van der Waals surface area contributed by atoms with Crippen LogP contribution in [0.5, 0.6) is 0 Å². The number of hydrogen-bond donors (Lipinski definition) is 1. The highest BCUT2D eigenvalue weighted by Crippen LogP contribution is 2.34. The van der Waals surface area contributed by atoms with Crippen LogP contribution in [0.4, 0.5) is 0 Å². The lowest BCUT2D eigenvalue weighted by atomic mass is 10.2. The molecule has 3 heteroatoms. The lowest BCUT2D eigenvalue weighted by Gasteiger charge is -2.08. The number of nitrogens with two attached hydrogens (primary N) is 1. The van der Waals surface area contributed by atoms with Crippen LogP contribution in [-0.2, 0) is 4.84 Å². The number of thioether (sulfide) groups is 1. The van der Waals surface area contributed by atoms with Crippen molar-refractivity contribution in [3.63, 3.8) is 0 Å². The normalized spacial score (nSPS) is 16.7. The smallest absolute Gasteiger partial charge is 0.0713 e. The molecular weight excluding hydrogens is 242 g/mol. The van der Waals surface area contributed by atoms with Crippen LogP contribution in [0.3, 0.4) is 0 Å². The van der Waals surface area contributed by atoms with Crippen LogP contribution < -0.4 is 5.90 Å². The van der Waals surface area contributed by atoms with Crippen molar-refractivity contribution in [2.45, 2.75) is 42.2 Å². The summed E-state index contributed by atoms with van der Waals surface area (Å²) in [6, 6.07) is 8.80. The fraction of sp³-hybridized carbons (Fsp3) is 0.467. The molecule has 2 N–H and O–H groups in total. The predicted molar refractivity (Wildman–Crippen MR) is 78.3 cm³/mol. The second-order valence-electron chi connectivity index (χ2n) is 4.66. The van der Waals surface area contributed by atoms with E-state index < -0.39 is 0 Å². The van der Waals surface area contributed by atoms with Crippen molar-refractivity contribution < 1.29 is 4.84 Å². The summed E-state index contributed by atoms with van der Waals surface area (Å²) >= 11 is 2.03. The topological polar surface area (TPSA) is 35.2 Å². The molecule has 1 aliphatic carbocycles. The Labute approximate surface area is 114 Å². The van der Waals surface area contributed by atoms with Gasteiger partial charge in [-0.2, -0.15) is 0 Å². The van der Waals surface area contributed by atoms with E-state index in [1.807, 2.05) is 11.8 Å².